The Hall–Kier alpha value is -3.77. The molecule has 0 radical (unpaired) electrons. The van der Waals surface area contributed by atoms with Crippen LogP contribution in [0.2, 0.25) is 5.02 Å². The Morgan fingerprint density at radius 1 is 1.03 bits per heavy atom. The standard InChI is InChI=1S/C23H18ClN5O/c24-21-9-5-4-8-19(21)15-29-16-20(22(28-29)17-6-2-1-3-7-17)14-26-27-23(30)18-10-12-25-13-11-18/h1-14,16H,15H2,(H,27,30)/b26-14-. The first-order valence-corrected chi connectivity index (χ1v) is 9.68. The molecule has 0 fully saturated rings. The second-order valence-electron chi connectivity index (χ2n) is 6.52. The summed E-state index contributed by atoms with van der Waals surface area (Å²) < 4.78 is 1.82. The summed E-state index contributed by atoms with van der Waals surface area (Å²) in [6.07, 6.45) is 6.60. The maximum Gasteiger partial charge on any atom is 0.271 e. The highest BCUT2D eigenvalue weighted by molar-refractivity contribution is 6.31. The second-order valence-corrected chi connectivity index (χ2v) is 6.93. The van der Waals surface area contributed by atoms with Gasteiger partial charge in [-0.1, -0.05) is 60.1 Å². The zero-order valence-electron chi connectivity index (χ0n) is 15.9. The van der Waals surface area contributed by atoms with Crippen molar-refractivity contribution >= 4 is 23.7 Å². The fraction of sp³-hybridized carbons (Fsp3) is 0.0435. The van der Waals surface area contributed by atoms with Crippen LogP contribution in [0.4, 0.5) is 0 Å². The normalized spacial score (nSPS) is 11.0. The van der Waals surface area contributed by atoms with Crippen LogP contribution in [0, 0.1) is 0 Å². The number of hydrogen-bond donors (Lipinski definition) is 1. The van der Waals surface area contributed by atoms with Gasteiger partial charge in [-0.3, -0.25) is 14.5 Å². The van der Waals surface area contributed by atoms with Crippen molar-refractivity contribution in [3.05, 3.63) is 107 Å². The molecule has 1 amide bonds. The van der Waals surface area contributed by atoms with Crippen LogP contribution in [0.25, 0.3) is 11.3 Å². The van der Waals surface area contributed by atoms with E-state index in [4.69, 9.17) is 16.7 Å². The van der Waals surface area contributed by atoms with Gasteiger partial charge in [0.05, 0.1) is 12.8 Å². The van der Waals surface area contributed by atoms with E-state index >= 15 is 0 Å². The number of hydrogen-bond acceptors (Lipinski definition) is 4. The number of halogens is 1. The summed E-state index contributed by atoms with van der Waals surface area (Å²) in [5, 5.41) is 9.53. The average Bonchev–Trinajstić information content (AvgIpc) is 3.19. The first-order chi connectivity index (χ1) is 14.7. The predicted octanol–water partition coefficient (Wildman–Crippen LogP) is 4.41. The summed E-state index contributed by atoms with van der Waals surface area (Å²) in [6.45, 7) is 0.525. The van der Waals surface area contributed by atoms with Crippen LogP contribution < -0.4 is 5.43 Å². The molecule has 4 aromatic rings. The van der Waals surface area contributed by atoms with E-state index in [2.05, 4.69) is 15.5 Å². The minimum Gasteiger partial charge on any atom is -0.267 e. The largest absolute Gasteiger partial charge is 0.271 e. The lowest BCUT2D eigenvalue weighted by atomic mass is 10.1. The molecular weight excluding hydrogens is 398 g/mol. The summed E-state index contributed by atoms with van der Waals surface area (Å²) in [7, 11) is 0. The molecule has 7 heteroatoms. The number of hydrazone groups is 1. The van der Waals surface area contributed by atoms with Crippen molar-refractivity contribution < 1.29 is 4.79 Å². The Balaban J connectivity index is 1.60. The van der Waals surface area contributed by atoms with E-state index in [1.54, 1.807) is 30.7 Å². The molecule has 0 unspecified atom stereocenters. The van der Waals surface area contributed by atoms with E-state index < -0.39 is 0 Å². The van der Waals surface area contributed by atoms with Gasteiger partial charge in [-0.2, -0.15) is 10.2 Å². The Morgan fingerprint density at radius 3 is 2.53 bits per heavy atom. The third-order valence-electron chi connectivity index (χ3n) is 4.44. The molecule has 0 atom stereocenters. The van der Waals surface area contributed by atoms with E-state index in [-0.39, 0.29) is 5.91 Å². The molecule has 0 saturated heterocycles. The molecule has 2 aromatic carbocycles. The van der Waals surface area contributed by atoms with Crippen molar-refractivity contribution in [3.8, 4) is 11.3 Å². The molecule has 6 nitrogen and oxygen atoms in total. The van der Waals surface area contributed by atoms with Crippen molar-refractivity contribution in [2.45, 2.75) is 6.54 Å². The third kappa shape index (κ3) is 4.61. The molecule has 1 N–H and O–H groups in total. The van der Waals surface area contributed by atoms with Crippen LogP contribution in [0.5, 0.6) is 0 Å². The van der Waals surface area contributed by atoms with E-state index in [0.717, 1.165) is 22.4 Å². The molecule has 0 bridgehead atoms. The lowest BCUT2D eigenvalue weighted by molar-refractivity contribution is 0.0955. The van der Waals surface area contributed by atoms with Crippen LogP contribution >= 0.6 is 11.6 Å². The average molecular weight is 416 g/mol. The number of carbonyl (C=O) groups is 1. The number of nitrogens with zero attached hydrogens (tertiary/aromatic N) is 4. The van der Waals surface area contributed by atoms with Crippen LogP contribution in [-0.4, -0.2) is 26.9 Å². The maximum absolute atomic E-state index is 12.2. The number of aromatic nitrogens is 3. The van der Waals surface area contributed by atoms with E-state index in [1.807, 2.05) is 65.5 Å². The highest BCUT2D eigenvalue weighted by Gasteiger charge is 2.11. The van der Waals surface area contributed by atoms with Crippen molar-refractivity contribution in [3.63, 3.8) is 0 Å². The van der Waals surface area contributed by atoms with Crippen molar-refractivity contribution in [1.29, 1.82) is 0 Å². The molecule has 0 spiro atoms. The first-order valence-electron chi connectivity index (χ1n) is 9.30. The third-order valence-corrected chi connectivity index (χ3v) is 4.81. The Labute approximate surface area is 178 Å². The quantitative estimate of drug-likeness (QED) is 0.374. The second kappa shape index (κ2) is 9.15. The zero-order chi connectivity index (χ0) is 20.8. The summed E-state index contributed by atoms with van der Waals surface area (Å²) in [5.74, 6) is -0.307. The van der Waals surface area contributed by atoms with Crippen molar-refractivity contribution in [2.75, 3.05) is 0 Å². The fourth-order valence-corrected chi connectivity index (χ4v) is 3.16. The van der Waals surface area contributed by atoms with Crippen LogP contribution in [0.15, 0.2) is 90.4 Å². The summed E-state index contributed by atoms with van der Waals surface area (Å²) in [5.41, 5.74) is 6.50. The van der Waals surface area contributed by atoms with Gasteiger partial charge >= 0.3 is 0 Å². The van der Waals surface area contributed by atoms with E-state index in [1.165, 1.54) is 0 Å². The van der Waals surface area contributed by atoms with Gasteiger partial charge in [0, 0.05) is 40.3 Å². The summed E-state index contributed by atoms with van der Waals surface area (Å²) in [4.78, 5) is 16.1. The van der Waals surface area contributed by atoms with Crippen molar-refractivity contribution in [2.24, 2.45) is 5.10 Å². The number of benzene rings is 2. The molecule has 0 aliphatic carbocycles. The topological polar surface area (TPSA) is 72.2 Å². The van der Waals surface area contributed by atoms with Gasteiger partial charge in [0.15, 0.2) is 0 Å². The lowest BCUT2D eigenvalue weighted by Crippen LogP contribution is -2.17. The monoisotopic (exact) mass is 415 g/mol. The molecule has 30 heavy (non-hydrogen) atoms. The molecule has 2 aromatic heterocycles. The van der Waals surface area contributed by atoms with Gasteiger partial charge in [-0.25, -0.2) is 5.43 Å². The highest BCUT2D eigenvalue weighted by atomic mass is 35.5. The highest BCUT2D eigenvalue weighted by Crippen LogP contribution is 2.22. The van der Waals surface area contributed by atoms with Gasteiger partial charge in [-0.05, 0) is 23.8 Å². The molecule has 148 valence electrons. The number of amides is 1. The van der Waals surface area contributed by atoms with Gasteiger partial charge < -0.3 is 0 Å². The molecule has 2 heterocycles. The molecule has 0 aliphatic heterocycles. The van der Waals surface area contributed by atoms with Crippen LogP contribution in [-0.2, 0) is 6.54 Å². The zero-order valence-corrected chi connectivity index (χ0v) is 16.7. The van der Waals surface area contributed by atoms with Gasteiger partial charge in [0.1, 0.15) is 5.69 Å². The Kier molecular flexibility index (Phi) is 5.96. The molecule has 0 saturated carbocycles. The number of carbonyl (C=O) groups excluding carboxylic acids is 1. The summed E-state index contributed by atoms with van der Waals surface area (Å²) in [6, 6.07) is 20.7. The minimum atomic E-state index is -0.307. The Bertz CT molecular complexity index is 1170. The summed E-state index contributed by atoms with van der Waals surface area (Å²) >= 11 is 6.30. The van der Waals surface area contributed by atoms with E-state index in [9.17, 15) is 4.79 Å². The van der Waals surface area contributed by atoms with Crippen LogP contribution in [0.3, 0.4) is 0 Å². The number of pyridine rings is 1. The number of rotatable bonds is 6. The van der Waals surface area contributed by atoms with Gasteiger partial charge in [0.2, 0.25) is 0 Å². The van der Waals surface area contributed by atoms with E-state index in [0.29, 0.717) is 17.1 Å². The minimum absolute atomic E-state index is 0.307. The number of nitrogens with one attached hydrogen (secondary N) is 1. The maximum atomic E-state index is 12.2. The first kappa shape index (κ1) is 19.5. The van der Waals surface area contributed by atoms with Gasteiger partial charge in [0.25, 0.3) is 5.91 Å². The lowest BCUT2D eigenvalue weighted by Gasteiger charge is -2.04. The molecule has 0 aliphatic rings. The fourth-order valence-electron chi connectivity index (χ4n) is 2.96. The smallest absolute Gasteiger partial charge is 0.267 e. The Morgan fingerprint density at radius 2 is 1.77 bits per heavy atom. The van der Waals surface area contributed by atoms with Gasteiger partial charge in [-0.15, -0.1) is 0 Å². The van der Waals surface area contributed by atoms with Crippen molar-refractivity contribution in [1.82, 2.24) is 20.2 Å². The molecular formula is C23H18ClN5O. The van der Waals surface area contributed by atoms with Crippen LogP contribution in [0.1, 0.15) is 21.5 Å². The molecule has 4 rings (SSSR count). The SMILES string of the molecule is O=C(N/N=C\c1cn(Cc2ccccc2Cl)nc1-c1ccccc1)c1ccncc1. The predicted molar refractivity (Wildman–Crippen MR) is 118 cm³/mol.